The van der Waals surface area contributed by atoms with E-state index in [9.17, 15) is 4.79 Å². The largest absolute Gasteiger partial charge is 0.365 e. The number of benzene rings is 2. The van der Waals surface area contributed by atoms with Crippen molar-refractivity contribution in [2.45, 2.75) is 12.8 Å². The van der Waals surface area contributed by atoms with Crippen LogP contribution in [0.1, 0.15) is 40.0 Å². The van der Waals surface area contributed by atoms with E-state index in [-0.39, 0.29) is 11.7 Å². The van der Waals surface area contributed by atoms with Crippen molar-refractivity contribution in [3.63, 3.8) is 0 Å². The lowest BCUT2D eigenvalue weighted by Gasteiger charge is -2.11. The second kappa shape index (κ2) is 6.75. The molecule has 3 nitrogen and oxygen atoms in total. The monoisotopic (exact) mass is 322 g/mol. The SMILES string of the molecule is CNc1nc(C(C)c2cccc(C(=O)c3ccccc3)c2)cs1. The summed E-state index contributed by atoms with van der Waals surface area (Å²) in [6, 6.07) is 17.2. The Morgan fingerprint density at radius 2 is 1.83 bits per heavy atom. The zero-order chi connectivity index (χ0) is 16.2. The van der Waals surface area contributed by atoms with E-state index in [0.717, 1.165) is 16.4 Å². The summed E-state index contributed by atoms with van der Waals surface area (Å²) in [4.78, 5) is 17.1. The fourth-order valence-corrected chi connectivity index (χ4v) is 3.24. The first-order valence-corrected chi connectivity index (χ1v) is 8.40. The number of carbonyl (C=O) groups is 1. The van der Waals surface area contributed by atoms with Crippen molar-refractivity contribution >= 4 is 22.3 Å². The smallest absolute Gasteiger partial charge is 0.193 e. The lowest BCUT2D eigenvalue weighted by molar-refractivity contribution is 0.103. The molecule has 2 aromatic carbocycles. The molecule has 0 aliphatic heterocycles. The van der Waals surface area contributed by atoms with Gasteiger partial charge in [0.05, 0.1) is 5.69 Å². The van der Waals surface area contributed by atoms with Gasteiger partial charge in [-0.15, -0.1) is 11.3 Å². The summed E-state index contributed by atoms with van der Waals surface area (Å²) in [6.07, 6.45) is 0. The second-order valence-corrected chi connectivity index (χ2v) is 6.23. The highest BCUT2D eigenvalue weighted by Gasteiger charge is 2.15. The first kappa shape index (κ1) is 15.4. The molecule has 0 fully saturated rings. The molecule has 1 heterocycles. The van der Waals surface area contributed by atoms with Crippen molar-refractivity contribution in [2.24, 2.45) is 0 Å². The van der Waals surface area contributed by atoms with Gasteiger partial charge in [-0.1, -0.05) is 55.5 Å². The van der Waals surface area contributed by atoms with E-state index >= 15 is 0 Å². The summed E-state index contributed by atoms with van der Waals surface area (Å²) in [5.41, 5.74) is 3.54. The van der Waals surface area contributed by atoms with Crippen LogP contribution in [0.5, 0.6) is 0 Å². The molecule has 0 saturated carbocycles. The van der Waals surface area contributed by atoms with E-state index in [1.54, 1.807) is 11.3 Å². The van der Waals surface area contributed by atoms with E-state index in [0.29, 0.717) is 11.1 Å². The Morgan fingerprint density at radius 1 is 1.09 bits per heavy atom. The molecule has 1 atom stereocenters. The Balaban J connectivity index is 1.89. The molecule has 0 aliphatic carbocycles. The number of rotatable bonds is 5. The van der Waals surface area contributed by atoms with Crippen molar-refractivity contribution in [1.29, 1.82) is 0 Å². The van der Waals surface area contributed by atoms with Crippen molar-refractivity contribution in [1.82, 2.24) is 4.98 Å². The first-order valence-electron chi connectivity index (χ1n) is 7.52. The molecule has 1 N–H and O–H groups in total. The highest BCUT2D eigenvalue weighted by molar-refractivity contribution is 7.13. The summed E-state index contributed by atoms with van der Waals surface area (Å²) in [5, 5.41) is 6.02. The van der Waals surface area contributed by atoms with Crippen LogP contribution in [-0.2, 0) is 0 Å². The third kappa shape index (κ3) is 3.32. The van der Waals surface area contributed by atoms with Crippen LogP contribution in [0.2, 0.25) is 0 Å². The Hall–Kier alpha value is -2.46. The summed E-state index contributed by atoms with van der Waals surface area (Å²) < 4.78 is 0. The molecule has 1 aromatic heterocycles. The number of hydrogen-bond acceptors (Lipinski definition) is 4. The van der Waals surface area contributed by atoms with Gasteiger partial charge in [0.25, 0.3) is 0 Å². The zero-order valence-electron chi connectivity index (χ0n) is 13.1. The van der Waals surface area contributed by atoms with E-state index in [4.69, 9.17) is 0 Å². The fourth-order valence-electron chi connectivity index (χ4n) is 2.48. The Labute approximate surface area is 140 Å². The van der Waals surface area contributed by atoms with Crippen LogP contribution in [0, 0.1) is 0 Å². The van der Waals surface area contributed by atoms with Gasteiger partial charge in [0, 0.05) is 29.5 Å². The molecule has 3 rings (SSSR count). The van der Waals surface area contributed by atoms with Crippen molar-refractivity contribution in [3.8, 4) is 0 Å². The summed E-state index contributed by atoms with van der Waals surface area (Å²) in [5.74, 6) is 0.200. The van der Waals surface area contributed by atoms with Gasteiger partial charge < -0.3 is 5.32 Å². The van der Waals surface area contributed by atoms with Gasteiger partial charge in [-0.05, 0) is 11.6 Å². The maximum Gasteiger partial charge on any atom is 0.193 e. The minimum Gasteiger partial charge on any atom is -0.365 e. The van der Waals surface area contributed by atoms with Gasteiger partial charge >= 0.3 is 0 Å². The number of anilines is 1. The zero-order valence-corrected chi connectivity index (χ0v) is 13.9. The van der Waals surface area contributed by atoms with Crippen molar-refractivity contribution in [3.05, 3.63) is 82.4 Å². The number of hydrogen-bond donors (Lipinski definition) is 1. The standard InChI is InChI=1S/C19H18N2OS/c1-13(17-12-23-19(20-2)21-17)15-9-6-10-16(11-15)18(22)14-7-4-3-5-8-14/h3-13H,1-2H3,(H,20,21). The van der Waals surface area contributed by atoms with Crippen LogP contribution in [0.4, 0.5) is 5.13 Å². The number of nitrogens with one attached hydrogen (secondary N) is 1. The molecule has 23 heavy (non-hydrogen) atoms. The molecule has 0 aliphatic rings. The van der Waals surface area contributed by atoms with Gasteiger partial charge in [-0.2, -0.15) is 0 Å². The Bertz CT molecular complexity index is 811. The van der Waals surface area contributed by atoms with Crippen LogP contribution in [0.25, 0.3) is 0 Å². The van der Waals surface area contributed by atoms with Crippen LogP contribution in [-0.4, -0.2) is 17.8 Å². The fraction of sp³-hybridized carbons (Fsp3) is 0.158. The lowest BCUT2D eigenvalue weighted by Crippen LogP contribution is -2.03. The highest BCUT2D eigenvalue weighted by atomic mass is 32.1. The van der Waals surface area contributed by atoms with Gasteiger partial charge in [-0.3, -0.25) is 4.79 Å². The average molecular weight is 322 g/mol. The minimum atomic E-state index is 0.0499. The number of thiazole rings is 1. The predicted octanol–water partition coefficient (Wildman–Crippen LogP) is 4.57. The highest BCUT2D eigenvalue weighted by Crippen LogP contribution is 2.28. The van der Waals surface area contributed by atoms with E-state index < -0.39 is 0 Å². The van der Waals surface area contributed by atoms with Crippen molar-refractivity contribution < 1.29 is 4.79 Å². The van der Waals surface area contributed by atoms with E-state index in [1.165, 1.54) is 0 Å². The van der Waals surface area contributed by atoms with E-state index in [1.807, 2.05) is 61.6 Å². The van der Waals surface area contributed by atoms with Crippen LogP contribution in [0.3, 0.4) is 0 Å². The lowest BCUT2D eigenvalue weighted by atomic mass is 9.94. The number of carbonyl (C=O) groups excluding carboxylic acids is 1. The third-order valence-corrected chi connectivity index (χ3v) is 4.74. The second-order valence-electron chi connectivity index (χ2n) is 5.37. The quantitative estimate of drug-likeness (QED) is 0.700. The molecule has 0 spiro atoms. The number of aromatic nitrogens is 1. The summed E-state index contributed by atoms with van der Waals surface area (Å²) in [6.45, 7) is 2.11. The molecule has 0 radical (unpaired) electrons. The maximum atomic E-state index is 12.6. The molecule has 116 valence electrons. The van der Waals surface area contributed by atoms with Gasteiger partial charge in [-0.25, -0.2) is 4.98 Å². The molecule has 0 saturated heterocycles. The summed E-state index contributed by atoms with van der Waals surface area (Å²) >= 11 is 1.59. The molecule has 4 heteroatoms. The predicted molar refractivity (Wildman–Crippen MR) is 95.5 cm³/mol. The normalized spacial score (nSPS) is 11.9. The molecular formula is C19H18N2OS. The van der Waals surface area contributed by atoms with Gasteiger partial charge in [0.1, 0.15) is 0 Å². The molecule has 1 unspecified atom stereocenters. The summed E-state index contributed by atoms with van der Waals surface area (Å²) in [7, 11) is 1.87. The maximum absolute atomic E-state index is 12.6. The van der Waals surface area contributed by atoms with Crippen molar-refractivity contribution in [2.75, 3.05) is 12.4 Å². The Morgan fingerprint density at radius 3 is 2.52 bits per heavy atom. The topological polar surface area (TPSA) is 42.0 Å². The average Bonchev–Trinajstić information content (AvgIpc) is 3.10. The number of ketones is 1. The van der Waals surface area contributed by atoms with Crippen LogP contribution < -0.4 is 5.32 Å². The van der Waals surface area contributed by atoms with E-state index in [2.05, 4.69) is 22.6 Å². The molecular weight excluding hydrogens is 304 g/mol. The Kier molecular flexibility index (Phi) is 4.53. The number of nitrogens with zero attached hydrogens (tertiary/aromatic N) is 1. The molecule has 3 aromatic rings. The van der Waals surface area contributed by atoms with Crippen LogP contribution in [0.15, 0.2) is 60.0 Å². The van der Waals surface area contributed by atoms with Crippen LogP contribution >= 0.6 is 11.3 Å². The minimum absolute atomic E-state index is 0.0499. The molecule has 0 amide bonds. The van der Waals surface area contributed by atoms with Gasteiger partial charge in [0.2, 0.25) is 0 Å². The first-order chi connectivity index (χ1) is 11.2. The van der Waals surface area contributed by atoms with Gasteiger partial charge in [0.15, 0.2) is 10.9 Å². The molecule has 0 bridgehead atoms. The third-order valence-electron chi connectivity index (χ3n) is 3.86.